The van der Waals surface area contributed by atoms with Gasteiger partial charge < -0.3 is 0 Å². The molecule has 13 heavy (non-hydrogen) atoms. The molecule has 0 aromatic heterocycles. The van der Waals surface area contributed by atoms with Crippen molar-refractivity contribution >= 4 is 7.82 Å². The molecule has 0 aliphatic heterocycles. The molecule has 0 amide bonds. The van der Waals surface area contributed by atoms with E-state index in [-0.39, 0.29) is 6.61 Å². The maximum Gasteiger partial charge on any atom is 0.474 e. The highest BCUT2D eigenvalue weighted by Gasteiger charge is 2.21. The van der Waals surface area contributed by atoms with Gasteiger partial charge in [-0.05, 0) is 13.3 Å². The Bertz CT molecular complexity index is 204. The van der Waals surface area contributed by atoms with E-state index in [2.05, 4.69) is 9.05 Å². The summed E-state index contributed by atoms with van der Waals surface area (Å²) in [6, 6.07) is 0. The fourth-order valence-corrected chi connectivity index (χ4v) is 1.21. The fourth-order valence-electron chi connectivity index (χ4n) is 0.595. The number of rotatable bonds is 6. The molecule has 0 N–H and O–H groups in total. The molecule has 5 heteroatoms. The predicted molar refractivity (Wildman–Crippen MR) is 51.6 cm³/mol. The zero-order valence-electron chi connectivity index (χ0n) is 8.57. The molecule has 0 aromatic carbocycles. The molecule has 4 nitrogen and oxygen atoms in total. The molecule has 0 atom stereocenters. The van der Waals surface area contributed by atoms with Crippen molar-refractivity contribution in [2.45, 2.75) is 20.3 Å². The Labute approximate surface area is 79.5 Å². The highest BCUT2D eigenvalue weighted by atomic mass is 31.2. The molecule has 0 saturated heterocycles. The molecule has 0 aromatic rings. The zero-order valence-corrected chi connectivity index (χ0v) is 9.47. The SMILES string of the molecule is CCC(C)=CCOP(=O)(OC)OC. The molecule has 0 heterocycles. The Morgan fingerprint density at radius 2 is 1.92 bits per heavy atom. The molecule has 0 aliphatic rings. The van der Waals surface area contributed by atoms with Gasteiger partial charge in [0.15, 0.2) is 0 Å². The summed E-state index contributed by atoms with van der Waals surface area (Å²) in [6.07, 6.45) is 2.80. The topological polar surface area (TPSA) is 44.8 Å². The lowest BCUT2D eigenvalue weighted by molar-refractivity contribution is 0.164. The van der Waals surface area contributed by atoms with E-state index in [1.54, 1.807) is 0 Å². The molecular formula is C8H17O4P. The predicted octanol–water partition coefficient (Wildman–Crippen LogP) is 2.76. The number of phosphoric acid groups is 1. The van der Waals surface area contributed by atoms with E-state index >= 15 is 0 Å². The van der Waals surface area contributed by atoms with E-state index in [0.29, 0.717) is 0 Å². The summed E-state index contributed by atoms with van der Waals surface area (Å²) >= 11 is 0. The minimum atomic E-state index is -3.29. The van der Waals surface area contributed by atoms with Gasteiger partial charge in [0.05, 0.1) is 6.61 Å². The molecule has 78 valence electrons. The molecule has 0 unspecified atom stereocenters. The van der Waals surface area contributed by atoms with E-state index in [1.165, 1.54) is 19.8 Å². The average molecular weight is 208 g/mol. The molecule has 0 rings (SSSR count). The van der Waals surface area contributed by atoms with E-state index in [0.717, 1.165) is 6.42 Å². The van der Waals surface area contributed by atoms with Crippen molar-refractivity contribution in [1.82, 2.24) is 0 Å². The molecule has 0 spiro atoms. The van der Waals surface area contributed by atoms with Gasteiger partial charge in [-0.25, -0.2) is 4.57 Å². The van der Waals surface area contributed by atoms with Crippen LogP contribution in [-0.2, 0) is 18.1 Å². The summed E-state index contributed by atoms with van der Waals surface area (Å²) in [6.45, 7) is 4.27. The summed E-state index contributed by atoms with van der Waals surface area (Å²) in [5.74, 6) is 0. The van der Waals surface area contributed by atoms with Crippen LogP contribution in [0.4, 0.5) is 0 Å². The van der Waals surface area contributed by atoms with Gasteiger partial charge in [-0.1, -0.05) is 18.6 Å². The summed E-state index contributed by atoms with van der Waals surface area (Å²) in [7, 11) is -0.708. The Morgan fingerprint density at radius 3 is 2.31 bits per heavy atom. The minimum absolute atomic E-state index is 0.249. The van der Waals surface area contributed by atoms with Crippen LogP contribution in [0.15, 0.2) is 11.6 Å². The quantitative estimate of drug-likeness (QED) is 0.497. The summed E-state index contributed by atoms with van der Waals surface area (Å²) in [5, 5.41) is 0. The third-order valence-corrected chi connectivity index (χ3v) is 3.03. The molecule has 0 saturated carbocycles. The standard InChI is InChI=1S/C8H17O4P/c1-5-8(2)6-7-12-13(9,10-3)11-4/h6H,5,7H2,1-4H3. The fraction of sp³-hybridized carbons (Fsp3) is 0.750. The van der Waals surface area contributed by atoms with E-state index in [1.807, 2.05) is 19.9 Å². The van der Waals surface area contributed by atoms with Gasteiger partial charge in [0.2, 0.25) is 0 Å². The summed E-state index contributed by atoms with van der Waals surface area (Å²) < 4.78 is 25.4. The first kappa shape index (κ1) is 12.8. The monoisotopic (exact) mass is 208 g/mol. The molecule has 0 radical (unpaired) electrons. The van der Waals surface area contributed by atoms with Crippen molar-refractivity contribution in [1.29, 1.82) is 0 Å². The lowest BCUT2D eigenvalue weighted by atomic mass is 10.2. The van der Waals surface area contributed by atoms with Crippen LogP contribution >= 0.6 is 7.82 Å². The second kappa shape index (κ2) is 6.33. The normalized spacial score (nSPS) is 13.4. The van der Waals surface area contributed by atoms with Crippen molar-refractivity contribution in [3.63, 3.8) is 0 Å². The Morgan fingerprint density at radius 1 is 1.38 bits per heavy atom. The second-order valence-electron chi connectivity index (χ2n) is 2.51. The highest BCUT2D eigenvalue weighted by Crippen LogP contribution is 2.47. The smallest absolute Gasteiger partial charge is 0.290 e. The highest BCUT2D eigenvalue weighted by molar-refractivity contribution is 7.48. The van der Waals surface area contributed by atoms with Crippen LogP contribution in [0.1, 0.15) is 20.3 Å². The van der Waals surface area contributed by atoms with Gasteiger partial charge in [-0.2, -0.15) is 0 Å². The maximum absolute atomic E-state index is 11.3. The molecule has 0 aliphatic carbocycles. The van der Waals surface area contributed by atoms with Gasteiger partial charge >= 0.3 is 7.82 Å². The lowest BCUT2D eigenvalue weighted by Gasteiger charge is -2.11. The van der Waals surface area contributed by atoms with Crippen LogP contribution in [0.2, 0.25) is 0 Å². The number of allylic oxidation sites excluding steroid dienone is 1. The average Bonchev–Trinajstić information content (AvgIpc) is 2.17. The van der Waals surface area contributed by atoms with Crippen LogP contribution in [0.25, 0.3) is 0 Å². The molecule has 0 bridgehead atoms. The first-order valence-electron chi connectivity index (χ1n) is 4.09. The van der Waals surface area contributed by atoms with Crippen molar-refractivity contribution in [3.05, 3.63) is 11.6 Å². The van der Waals surface area contributed by atoms with Crippen LogP contribution in [0.5, 0.6) is 0 Å². The maximum atomic E-state index is 11.3. The van der Waals surface area contributed by atoms with Gasteiger partial charge in [0.25, 0.3) is 0 Å². The van der Waals surface area contributed by atoms with Crippen molar-refractivity contribution in [2.75, 3.05) is 20.8 Å². The van der Waals surface area contributed by atoms with Gasteiger partial charge in [-0.15, -0.1) is 0 Å². The van der Waals surface area contributed by atoms with Gasteiger partial charge in [0, 0.05) is 14.2 Å². The van der Waals surface area contributed by atoms with Crippen LogP contribution in [0, 0.1) is 0 Å². The second-order valence-corrected chi connectivity index (χ2v) is 4.40. The lowest BCUT2D eigenvalue weighted by Crippen LogP contribution is -1.95. The minimum Gasteiger partial charge on any atom is -0.290 e. The van der Waals surface area contributed by atoms with Crippen LogP contribution in [0.3, 0.4) is 0 Å². The Kier molecular flexibility index (Phi) is 6.25. The number of phosphoric ester groups is 1. The first-order chi connectivity index (χ1) is 6.08. The number of hydrogen-bond donors (Lipinski definition) is 0. The van der Waals surface area contributed by atoms with Crippen molar-refractivity contribution in [3.8, 4) is 0 Å². The Hall–Kier alpha value is -0.150. The third-order valence-electron chi connectivity index (χ3n) is 1.67. The van der Waals surface area contributed by atoms with Crippen molar-refractivity contribution < 1.29 is 18.1 Å². The summed E-state index contributed by atoms with van der Waals surface area (Å²) in [4.78, 5) is 0. The van der Waals surface area contributed by atoms with Crippen LogP contribution < -0.4 is 0 Å². The van der Waals surface area contributed by atoms with Gasteiger partial charge in [0.1, 0.15) is 0 Å². The Balaban J connectivity index is 3.94. The zero-order chi connectivity index (χ0) is 10.3. The largest absolute Gasteiger partial charge is 0.474 e. The first-order valence-corrected chi connectivity index (χ1v) is 5.55. The third kappa shape index (κ3) is 5.21. The van der Waals surface area contributed by atoms with E-state index in [9.17, 15) is 4.57 Å². The van der Waals surface area contributed by atoms with Gasteiger partial charge in [-0.3, -0.25) is 13.6 Å². The van der Waals surface area contributed by atoms with Crippen LogP contribution in [-0.4, -0.2) is 20.8 Å². The number of hydrogen-bond acceptors (Lipinski definition) is 4. The molecule has 0 fully saturated rings. The molecular weight excluding hydrogens is 191 g/mol. The van der Waals surface area contributed by atoms with Crippen molar-refractivity contribution in [2.24, 2.45) is 0 Å². The van der Waals surface area contributed by atoms with E-state index < -0.39 is 7.82 Å². The van der Waals surface area contributed by atoms with E-state index in [4.69, 9.17) is 4.52 Å². The summed E-state index contributed by atoms with van der Waals surface area (Å²) in [5.41, 5.74) is 1.18.